The number of benzene rings is 1. The highest BCUT2D eigenvalue weighted by molar-refractivity contribution is 5.48. The van der Waals surface area contributed by atoms with Gasteiger partial charge < -0.3 is 10.8 Å². The third-order valence-electron chi connectivity index (χ3n) is 2.85. The van der Waals surface area contributed by atoms with Gasteiger partial charge in [-0.2, -0.15) is 0 Å². The lowest BCUT2D eigenvalue weighted by molar-refractivity contribution is 0.437. The Kier molecular flexibility index (Phi) is 3.64. The molecule has 0 aliphatic rings. The van der Waals surface area contributed by atoms with Crippen LogP contribution in [0.3, 0.4) is 0 Å². The predicted molar refractivity (Wildman–Crippen MR) is 68.9 cm³/mol. The lowest BCUT2D eigenvalue weighted by Gasteiger charge is -2.23. The predicted octanol–water partition coefficient (Wildman–Crippen LogP) is 2.89. The van der Waals surface area contributed by atoms with E-state index >= 15 is 0 Å². The Morgan fingerprint density at radius 1 is 1.31 bits per heavy atom. The van der Waals surface area contributed by atoms with Crippen molar-refractivity contribution < 1.29 is 5.11 Å². The van der Waals surface area contributed by atoms with Crippen LogP contribution in [-0.4, -0.2) is 11.1 Å². The first-order valence-corrected chi connectivity index (χ1v) is 5.81. The van der Waals surface area contributed by atoms with Crippen LogP contribution >= 0.6 is 0 Å². The van der Waals surface area contributed by atoms with Crippen LogP contribution in [0.1, 0.15) is 44.4 Å². The van der Waals surface area contributed by atoms with Crippen molar-refractivity contribution in [1.29, 1.82) is 0 Å². The van der Waals surface area contributed by atoms with E-state index < -0.39 is 0 Å². The fourth-order valence-corrected chi connectivity index (χ4v) is 1.92. The minimum Gasteiger partial charge on any atom is -0.507 e. The van der Waals surface area contributed by atoms with Gasteiger partial charge in [-0.3, -0.25) is 0 Å². The minimum atomic E-state index is -0.0373. The van der Waals surface area contributed by atoms with Gasteiger partial charge in [0.2, 0.25) is 0 Å². The van der Waals surface area contributed by atoms with Crippen molar-refractivity contribution in [3.05, 3.63) is 28.8 Å². The van der Waals surface area contributed by atoms with Gasteiger partial charge in [0.15, 0.2) is 0 Å². The number of phenols is 1. The number of aryl methyl sites for hydroxylation is 1. The molecule has 2 nitrogen and oxygen atoms in total. The van der Waals surface area contributed by atoms with E-state index in [2.05, 4.69) is 26.8 Å². The first-order valence-electron chi connectivity index (χ1n) is 5.81. The van der Waals surface area contributed by atoms with Gasteiger partial charge in [-0.1, -0.05) is 32.9 Å². The molecule has 0 aliphatic heterocycles. The summed E-state index contributed by atoms with van der Waals surface area (Å²) in [5.41, 5.74) is 8.87. The summed E-state index contributed by atoms with van der Waals surface area (Å²) >= 11 is 0. The second kappa shape index (κ2) is 4.46. The highest BCUT2D eigenvalue weighted by Crippen LogP contribution is 2.35. The Labute approximate surface area is 98.5 Å². The van der Waals surface area contributed by atoms with Crippen LogP contribution < -0.4 is 5.73 Å². The molecule has 1 rings (SSSR count). The van der Waals surface area contributed by atoms with Gasteiger partial charge in [0, 0.05) is 6.04 Å². The summed E-state index contributed by atoms with van der Waals surface area (Å²) < 4.78 is 0. The molecule has 16 heavy (non-hydrogen) atoms. The molecule has 1 aromatic rings. The van der Waals surface area contributed by atoms with Gasteiger partial charge in [0.1, 0.15) is 5.75 Å². The van der Waals surface area contributed by atoms with E-state index in [-0.39, 0.29) is 11.5 Å². The van der Waals surface area contributed by atoms with Crippen molar-refractivity contribution in [2.75, 3.05) is 0 Å². The van der Waals surface area contributed by atoms with Gasteiger partial charge >= 0.3 is 0 Å². The molecule has 0 saturated carbocycles. The molecule has 0 spiro atoms. The lowest BCUT2D eigenvalue weighted by Crippen LogP contribution is -2.20. The SMILES string of the molecule is Cc1ccc(C(C)(C)C)c(O)c1CC(C)N. The van der Waals surface area contributed by atoms with Gasteiger partial charge in [-0.25, -0.2) is 0 Å². The maximum absolute atomic E-state index is 10.3. The number of phenolic OH excluding ortho intramolecular Hbond substituents is 1. The summed E-state index contributed by atoms with van der Waals surface area (Å²) in [4.78, 5) is 0. The molecule has 0 fully saturated rings. The van der Waals surface area contributed by atoms with E-state index in [1.165, 1.54) is 0 Å². The third kappa shape index (κ3) is 2.76. The molecule has 1 atom stereocenters. The van der Waals surface area contributed by atoms with E-state index in [0.29, 0.717) is 5.75 Å². The van der Waals surface area contributed by atoms with E-state index in [1.807, 2.05) is 19.9 Å². The van der Waals surface area contributed by atoms with Crippen LogP contribution in [0.5, 0.6) is 5.75 Å². The Balaban J connectivity index is 3.27. The van der Waals surface area contributed by atoms with Crippen LogP contribution in [0.15, 0.2) is 12.1 Å². The van der Waals surface area contributed by atoms with Crippen LogP contribution in [0.2, 0.25) is 0 Å². The number of nitrogens with two attached hydrogens (primary N) is 1. The van der Waals surface area contributed by atoms with E-state index in [9.17, 15) is 5.11 Å². The Hall–Kier alpha value is -1.02. The number of rotatable bonds is 2. The van der Waals surface area contributed by atoms with Crippen LogP contribution in [0.25, 0.3) is 0 Å². The molecule has 0 bridgehead atoms. The smallest absolute Gasteiger partial charge is 0.122 e. The van der Waals surface area contributed by atoms with E-state index in [0.717, 1.165) is 23.1 Å². The molecule has 90 valence electrons. The summed E-state index contributed by atoms with van der Waals surface area (Å²) in [5, 5.41) is 10.3. The monoisotopic (exact) mass is 221 g/mol. The zero-order chi connectivity index (χ0) is 12.5. The van der Waals surface area contributed by atoms with Gasteiger partial charge in [-0.15, -0.1) is 0 Å². The number of aromatic hydroxyl groups is 1. The summed E-state index contributed by atoms with van der Waals surface area (Å²) in [7, 11) is 0. The van der Waals surface area contributed by atoms with Crippen LogP contribution in [-0.2, 0) is 11.8 Å². The summed E-state index contributed by atoms with van der Waals surface area (Å²) in [5.74, 6) is 0.421. The summed E-state index contributed by atoms with van der Waals surface area (Å²) in [6, 6.07) is 4.15. The quantitative estimate of drug-likeness (QED) is 0.806. The molecule has 0 amide bonds. The molecule has 0 heterocycles. The normalized spacial score (nSPS) is 13.9. The Morgan fingerprint density at radius 2 is 1.88 bits per heavy atom. The first kappa shape index (κ1) is 13.0. The molecule has 0 radical (unpaired) electrons. The minimum absolute atomic E-state index is 0.0373. The van der Waals surface area contributed by atoms with Crippen LogP contribution in [0, 0.1) is 6.92 Å². The summed E-state index contributed by atoms with van der Waals surface area (Å²) in [6.07, 6.45) is 0.724. The maximum atomic E-state index is 10.3. The molecule has 3 N–H and O–H groups in total. The maximum Gasteiger partial charge on any atom is 0.122 e. The van der Waals surface area contributed by atoms with E-state index in [4.69, 9.17) is 5.73 Å². The van der Waals surface area contributed by atoms with Crippen molar-refractivity contribution in [1.82, 2.24) is 0 Å². The third-order valence-corrected chi connectivity index (χ3v) is 2.85. The van der Waals surface area contributed by atoms with Crippen LogP contribution in [0.4, 0.5) is 0 Å². The average Bonchev–Trinajstić information content (AvgIpc) is 2.09. The Morgan fingerprint density at radius 3 is 2.31 bits per heavy atom. The van der Waals surface area contributed by atoms with Crippen molar-refractivity contribution in [2.24, 2.45) is 5.73 Å². The standard InChI is InChI=1S/C14H23NO/c1-9-6-7-12(14(3,4)5)13(16)11(9)8-10(2)15/h6-7,10,16H,8,15H2,1-5H3. The Bertz CT molecular complexity index is 375. The highest BCUT2D eigenvalue weighted by atomic mass is 16.3. The van der Waals surface area contributed by atoms with Crippen molar-refractivity contribution in [2.45, 2.75) is 52.5 Å². The fourth-order valence-electron chi connectivity index (χ4n) is 1.92. The second-order valence-electron chi connectivity index (χ2n) is 5.69. The molecular formula is C14H23NO. The lowest BCUT2D eigenvalue weighted by atomic mass is 9.83. The number of hydrogen-bond acceptors (Lipinski definition) is 2. The number of hydrogen-bond donors (Lipinski definition) is 2. The summed E-state index contributed by atoms with van der Waals surface area (Å²) in [6.45, 7) is 10.3. The van der Waals surface area contributed by atoms with Crippen molar-refractivity contribution in [3.63, 3.8) is 0 Å². The van der Waals surface area contributed by atoms with Gasteiger partial charge in [0.25, 0.3) is 0 Å². The topological polar surface area (TPSA) is 46.2 Å². The van der Waals surface area contributed by atoms with Crippen molar-refractivity contribution >= 4 is 0 Å². The largest absolute Gasteiger partial charge is 0.507 e. The molecule has 1 unspecified atom stereocenters. The van der Waals surface area contributed by atoms with Gasteiger partial charge in [0.05, 0.1) is 0 Å². The molecule has 1 aromatic carbocycles. The first-order chi connectivity index (χ1) is 7.23. The van der Waals surface area contributed by atoms with E-state index in [1.54, 1.807) is 0 Å². The zero-order valence-corrected chi connectivity index (χ0v) is 11.0. The molecule has 0 aliphatic carbocycles. The van der Waals surface area contributed by atoms with Crippen molar-refractivity contribution in [3.8, 4) is 5.75 Å². The fraction of sp³-hybridized carbons (Fsp3) is 0.571. The zero-order valence-electron chi connectivity index (χ0n) is 11.0. The molecule has 2 heteroatoms. The average molecular weight is 221 g/mol. The second-order valence-corrected chi connectivity index (χ2v) is 5.69. The molecular weight excluding hydrogens is 198 g/mol. The highest BCUT2D eigenvalue weighted by Gasteiger charge is 2.21. The molecule has 0 saturated heterocycles. The molecule has 0 aromatic heterocycles. The van der Waals surface area contributed by atoms with Gasteiger partial charge in [-0.05, 0) is 42.4 Å².